The van der Waals surface area contributed by atoms with Crippen molar-refractivity contribution in [1.29, 1.82) is 5.26 Å². The zero-order valence-corrected chi connectivity index (χ0v) is 10.8. The summed E-state index contributed by atoms with van der Waals surface area (Å²) >= 11 is 3.19. The van der Waals surface area contributed by atoms with Crippen LogP contribution in [0.5, 0.6) is 5.75 Å². The van der Waals surface area contributed by atoms with E-state index in [9.17, 15) is 8.42 Å². The maximum atomic E-state index is 11.6. The predicted molar refractivity (Wildman–Crippen MR) is 61.5 cm³/mol. The van der Waals surface area contributed by atoms with Crippen molar-refractivity contribution < 1.29 is 13.2 Å². The molecule has 1 rings (SSSR count). The van der Waals surface area contributed by atoms with Crippen LogP contribution in [0.4, 0.5) is 0 Å². The summed E-state index contributed by atoms with van der Waals surface area (Å²) in [6, 6.07) is 6.06. The summed E-state index contributed by atoms with van der Waals surface area (Å²) < 4.78 is 30.9. The van der Waals surface area contributed by atoms with Gasteiger partial charge in [-0.15, -0.1) is 0 Å². The molecule has 1 aromatic rings. The summed E-state index contributed by atoms with van der Waals surface area (Å²) in [4.78, 5) is 0.0791. The third kappa shape index (κ3) is 2.95. The molecule has 0 unspecified atom stereocenters. The molecule has 0 aliphatic heterocycles. The van der Waals surface area contributed by atoms with Gasteiger partial charge in [-0.2, -0.15) is 9.98 Å². The van der Waals surface area contributed by atoms with Crippen LogP contribution in [-0.4, -0.2) is 22.1 Å². The Hall–Kier alpha value is -1.10. The van der Waals surface area contributed by atoms with Gasteiger partial charge in [0.25, 0.3) is 0 Å². The summed E-state index contributed by atoms with van der Waals surface area (Å²) in [5.41, 5.74) is 0. The van der Waals surface area contributed by atoms with Gasteiger partial charge in [0.1, 0.15) is 5.75 Å². The van der Waals surface area contributed by atoms with Crippen LogP contribution in [0.1, 0.15) is 0 Å². The van der Waals surface area contributed by atoms with E-state index >= 15 is 0 Å². The first-order valence-corrected chi connectivity index (χ1v) is 6.49. The Kier molecular flexibility index (Phi) is 4.29. The molecule has 0 aliphatic rings. The molecular weight excluding hydrogens is 296 g/mol. The molecule has 1 N–H and O–H groups in total. The van der Waals surface area contributed by atoms with E-state index in [1.807, 2.05) is 0 Å². The van der Waals surface area contributed by atoms with Crippen molar-refractivity contribution in [3.8, 4) is 11.8 Å². The fraction of sp³-hybridized carbons (Fsp3) is 0.222. The lowest BCUT2D eigenvalue weighted by molar-refractivity contribution is 0.411. The van der Waals surface area contributed by atoms with E-state index in [4.69, 9.17) is 10.00 Å². The van der Waals surface area contributed by atoms with Crippen LogP contribution < -0.4 is 9.46 Å². The van der Waals surface area contributed by atoms with Crippen LogP contribution >= 0.6 is 15.9 Å². The lowest BCUT2D eigenvalue weighted by atomic mass is 10.3. The molecule has 0 atom stereocenters. The normalized spacial score (nSPS) is 10.8. The van der Waals surface area contributed by atoms with Crippen molar-refractivity contribution in [2.24, 2.45) is 0 Å². The molecule has 5 nitrogen and oxygen atoms in total. The first kappa shape index (κ1) is 13.0. The van der Waals surface area contributed by atoms with E-state index in [1.165, 1.54) is 25.3 Å². The second-order valence-electron chi connectivity index (χ2n) is 2.78. The third-order valence-corrected chi connectivity index (χ3v) is 3.79. The number of methoxy groups -OCH3 is 1. The minimum absolute atomic E-state index is 0.0791. The Morgan fingerprint density at radius 2 is 2.25 bits per heavy atom. The Bertz CT molecular complexity index is 522. The van der Waals surface area contributed by atoms with E-state index in [1.54, 1.807) is 6.07 Å². The van der Waals surface area contributed by atoms with Crippen molar-refractivity contribution in [2.75, 3.05) is 13.7 Å². The first-order chi connectivity index (χ1) is 7.51. The third-order valence-electron chi connectivity index (χ3n) is 1.77. The monoisotopic (exact) mass is 304 g/mol. The highest BCUT2D eigenvalue weighted by atomic mass is 79.9. The number of hydrogen-bond acceptors (Lipinski definition) is 4. The van der Waals surface area contributed by atoms with Gasteiger partial charge in [0.2, 0.25) is 10.0 Å². The largest absolute Gasteiger partial charge is 0.496 e. The van der Waals surface area contributed by atoms with Gasteiger partial charge in [0, 0.05) is 0 Å². The summed E-state index contributed by atoms with van der Waals surface area (Å²) in [5.74, 6) is 0.541. The minimum atomic E-state index is -3.63. The Balaban J connectivity index is 3.06. The molecule has 86 valence electrons. The van der Waals surface area contributed by atoms with E-state index in [-0.39, 0.29) is 11.4 Å². The Morgan fingerprint density at radius 3 is 2.75 bits per heavy atom. The number of ether oxygens (including phenoxy) is 1. The number of nitriles is 1. The lowest BCUT2D eigenvalue weighted by Gasteiger charge is -2.06. The minimum Gasteiger partial charge on any atom is -0.496 e. The summed E-state index contributed by atoms with van der Waals surface area (Å²) in [5, 5.41) is 8.31. The quantitative estimate of drug-likeness (QED) is 0.849. The zero-order chi connectivity index (χ0) is 12.2. The standard InChI is InChI=1S/C9H9BrN2O3S/c1-15-9-3-2-7(6-8(9)10)16(13,14)12-5-4-11/h2-3,6,12H,5H2,1H3. The van der Waals surface area contributed by atoms with Crippen LogP contribution in [0, 0.1) is 11.3 Å². The summed E-state index contributed by atoms with van der Waals surface area (Å²) in [6.07, 6.45) is 0. The lowest BCUT2D eigenvalue weighted by Crippen LogP contribution is -2.23. The van der Waals surface area contributed by atoms with Gasteiger partial charge in [-0.05, 0) is 34.1 Å². The maximum Gasteiger partial charge on any atom is 0.241 e. The number of rotatable bonds is 4. The van der Waals surface area contributed by atoms with Gasteiger partial charge in [0.15, 0.2) is 0 Å². The average molecular weight is 305 g/mol. The molecule has 0 aromatic heterocycles. The molecule has 0 spiro atoms. The highest BCUT2D eigenvalue weighted by molar-refractivity contribution is 9.10. The molecule has 0 radical (unpaired) electrons. The smallest absolute Gasteiger partial charge is 0.241 e. The van der Waals surface area contributed by atoms with Gasteiger partial charge < -0.3 is 4.74 Å². The fourth-order valence-corrected chi connectivity index (χ4v) is 2.66. The number of sulfonamides is 1. The number of hydrogen-bond donors (Lipinski definition) is 1. The molecule has 0 amide bonds. The van der Waals surface area contributed by atoms with Gasteiger partial charge in [-0.25, -0.2) is 8.42 Å². The number of nitrogens with one attached hydrogen (secondary N) is 1. The van der Waals surface area contributed by atoms with Gasteiger partial charge in [-0.1, -0.05) is 0 Å². The van der Waals surface area contributed by atoms with E-state index in [0.29, 0.717) is 10.2 Å². The van der Waals surface area contributed by atoms with Gasteiger partial charge >= 0.3 is 0 Å². The Labute approximate surface area is 102 Å². The second kappa shape index (κ2) is 5.30. The molecule has 0 saturated heterocycles. The van der Waals surface area contributed by atoms with Crippen molar-refractivity contribution in [3.63, 3.8) is 0 Å². The van der Waals surface area contributed by atoms with E-state index < -0.39 is 10.0 Å². The molecule has 0 bridgehead atoms. The number of halogens is 1. The first-order valence-electron chi connectivity index (χ1n) is 4.21. The van der Waals surface area contributed by atoms with Crippen molar-refractivity contribution in [2.45, 2.75) is 4.90 Å². The van der Waals surface area contributed by atoms with Crippen LogP contribution in [0.25, 0.3) is 0 Å². The molecule has 0 heterocycles. The van der Waals surface area contributed by atoms with Crippen LogP contribution in [-0.2, 0) is 10.0 Å². The highest BCUT2D eigenvalue weighted by Gasteiger charge is 2.14. The van der Waals surface area contributed by atoms with Crippen LogP contribution in [0.15, 0.2) is 27.6 Å². The maximum absolute atomic E-state index is 11.6. The average Bonchev–Trinajstić information content (AvgIpc) is 2.26. The summed E-state index contributed by atoms with van der Waals surface area (Å²) in [7, 11) is -2.14. The molecule has 7 heteroatoms. The van der Waals surface area contributed by atoms with Crippen LogP contribution in [0.2, 0.25) is 0 Å². The van der Waals surface area contributed by atoms with Crippen LogP contribution in [0.3, 0.4) is 0 Å². The molecule has 0 saturated carbocycles. The second-order valence-corrected chi connectivity index (χ2v) is 5.40. The molecule has 0 fully saturated rings. The molecular formula is C9H9BrN2O3S. The Morgan fingerprint density at radius 1 is 1.56 bits per heavy atom. The van der Waals surface area contributed by atoms with E-state index in [0.717, 1.165) is 0 Å². The van der Waals surface area contributed by atoms with E-state index in [2.05, 4.69) is 20.7 Å². The van der Waals surface area contributed by atoms with Crippen molar-refractivity contribution >= 4 is 26.0 Å². The highest BCUT2D eigenvalue weighted by Crippen LogP contribution is 2.27. The topological polar surface area (TPSA) is 79.2 Å². The number of benzene rings is 1. The molecule has 0 aliphatic carbocycles. The van der Waals surface area contributed by atoms with Gasteiger partial charge in [0.05, 0.1) is 29.1 Å². The number of nitrogens with zero attached hydrogens (tertiary/aromatic N) is 1. The molecule has 16 heavy (non-hydrogen) atoms. The van der Waals surface area contributed by atoms with Crippen molar-refractivity contribution in [1.82, 2.24) is 4.72 Å². The SMILES string of the molecule is COc1ccc(S(=O)(=O)NCC#N)cc1Br. The van der Waals surface area contributed by atoms with Crippen molar-refractivity contribution in [3.05, 3.63) is 22.7 Å². The predicted octanol–water partition coefficient (Wildman–Crippen LogP) is 1.26. The van der Waals surface area contributed by atoms with Gasteiger partial charge in [-0.3, -0.25) is 0 Å². The zero-order valence-electron chi connectivity index (χ0n) is 8.40. The fourth-order valence-electron chi connectivity index (χ4n) is 1.02. The summed E-state index contributed by atoms with van der Waals surface area (Å²) in [6.45, 7) is -0.258. The molecule has 1 aromatic carbocycles.